The normalized spacial score (nSPS) is 11.8. The van der Waals surface area contributed by atoms with Crippen LogP contribution >= 0.6 is 11.3 Å². The molecule has 0 aliphatic carbocycles. The maximum Gasteiger partial charge on any atom is 0.261 e. The molecule has 6 nitrogen and oxygen atoms in total. The number of amides is 2. The van der Waals surface area contributed by atoms with Gasteiger partial charge < -0.3 is 19.8 Å². The number of nitrogens with one attached hydrogen (secondary N) is 2. The topological polar surface area (TPSA) is 80.6 Å². The van der Waals surface area contributed by atoms with Gasteiger partial charge in [-0.3, -0.25) is 9.59 Å². The number of thiophene rings is 1. The summed E-state index contributed by atoms with van der Waals surface area (Å²) in [6, 6.07) is 14.4. The van der Waals surface area contributed by atoms with E-state index in [1.54, 1.807) is 25.3 Å². The molecule has 1 unspecified atom stereocenters. The predicted octanol–water partition coefficient (Wildman–Crippen LogP) is 3.49. The Kier molecular flexibility index (Phi) is 7.00. The minimum atomic E-state index is -0.616. The zero-order chi connectivity index (χ0) is 19.8. The van der Waals surface area contributed by atoms with Crippen molar-refractivity contribution in [1.29, 1.82) is 0 Å². The molecular formula is C21H22N2O4S. The molecule has 1 aromatic carbocycles. The molecule has 146 valence electrons. The van der Waals surface area contributed by atoms with Crippen LogP contribution in [-0.2, 0) is 29.3 Å². The van der Waals surface area contributed by atoms with E-state index in [9.17, 15) is 9.59 Å². The highest BCUT2D eigenvalue weighted by molar-refractivity contribution is 7.12. The Morgan fingerprint density at radius 2 is 1.96 bits per heavy atom. The van der Waals surface area contributed by atoms with Crippen molar-refractivity contribution in [2.75, 3.05) is 0 Å². The highest BCUT2D eigenvalue weighted by atomic mass is 32.1. The van der Waals surface area contributed by atoms with Crippen LogP contribution in [0.1, 0.15) is 33.5 Å². The van der Waals surface area contributed by atoms with E-state index in [0.29, 0.717) is 24.6 Å². The molecule has 7 heteroatoms. The van der Waals surface area contributed by atoms with Gasteiger partial charge in [0.05, 0.1) is 17.7 Å². The largest absolute Gasteiger partial charge is 0.467 e. The van der Waals surface area contributed by atoms with Crippen LogP contribution < -0.4 is 10.6 Å². The lowest BCUT2D eigenvalue weighted by Crippen LogP contribution is -2.44. The molecule has 0 saturated heterocycles. The Morgan fingerprint density at radius 1 is 1.11 bits per heavy atom. The molecule has 0 fully saturated rings. The van der Waals surface area contributed by atoms with Gasteiger partial charge in [0.2, 0.25) is 5.91 Å². The first kappa shape index (κ1) is 19.9. The minimum Gasteiger partial charge on any atom is -0.467 e. The summed E-state index contributed by atoms with van der Waals surface area (Å²) in [4.78, 5) is 24.9. The molecule has 0 aliphatic heterocycles. The molecule has 1 atom stereocenters. The second kappa shape index (κ2) is 9.87. The van der Waals surface area contributed by atoms with Crippen molar-refractivity contribution in [3.63, 3.8) is 0 Å². The van der Waals surface area contributed by atoms with Crippen LogP contribution in [0.2, 0.25) is 0 Å². The van der Waals surface area contributed by atoms with Crippen LogP contribution in [0.4, 0.5) is 0 Å². The SMILES string of the molecule is CC(NC(=O)c1cccs1)C(=O)NCc1cccc(COCc2ccco2)c1. The van der Waals surface area contributed by atoms with E-state index in [2.05, 4.69) is 10.6 Å². The van der Waals surface area contributed by atoms with Gasteiger partial charge in [-0.25, -0.2) is 0 Å². The summed E-state index contributed by atoms with van der Waals surface area (Å²) in [5.74, 6) is 0.305. The van der Waals surface area contributed by atoms with Crippen molar-refractivity contribution in [1.82, 2.24) is 10.6 Å². The number of furan rings is 1. The highest BCUT2D eigenvalue weighted by Gasteiger charge is 2.16. The Morgan fingerprint density at radius 3 is 2.71 bits per heavy atom. The Bertz CT molecular complexity index is 891. The molecule has 3 aromatic rings. The summed E-state index contributed by atoms with van der Waals surface area (Å²) >= 11 is 1.34. The predicted molar refractivity (Wildman–Crippen MR) is 107 cm³/mol. The average Bonchev–Trinajstić information content (AvgIpc) is 3.40. The van der Waals surface area contributed by atoms with Crippen molar-refractivity contribution < 1.29 is 18.7 Å². The van der Waals surface area contributed by atoms with Crippen molar-refractivity contribution in [3.05, 3.63) is 81.9 Å². The van der Waals surface area contributed by atoms with Crippen LogP contribution in [-0.4, -0.2) is 17.9 Å². The number of hydrogen-bond acceptors (Lipinski definition) is 5. The summed E-state index contributed by atoms with van der Waals surface area (Å²) in [6.07, 6.45) is 1.62. The molecule has 0 saturated carbocycles. The van der Waals surface area contributed by atoms with E-state index >= 15 is 0 Å². The third kappa shape index (κ3) is 5.80. The van der Waals surface area contributed by atoms with E-state index in [1.807, 2.05) is 41.8 Å². The van der Waals surface area contributed by atoms with Crippen LogP contribution in [0.25, 0.3) is 0 Å². The van der Waals surface area contributed by atoms with Gasteiger partial charge in [-0.1, -0.05) is 30.3 Å². The minimum absolute atomic E-state index is 0.232. The number of hydrogen-bond donors (Lipinski definition) is 2. The van der Waals surface area contributed by atoms with Gasteiger partial charge >= 0.3 is 0 Å². The monoisotopic (exact) mass is 398 g/mol. The number of carbonyl (C=O) groups excluding carboxylic acids is 2. The quantitative estimate of drug-likeness (QED) is 0.578. The standard InChI is InChI=1S/C21H22N2O4S/c1-15(23-21(25)19-8-4-10-28-19)20(24)22-12-16-5-2-6-17(11-16)13-26-14-18-7-3-9-27-18/h2-11,15H,12-14H2,1H3,(H,22,24)(H,23,25). The smallest absolute Gasteiger partial charge is 0.261 e. The molecule has 2 heterocycles. The lowest BCUT2D eigenvalue weighted by molar-refractivity contribution is -0.122. The summed E-state index contributed by atoms with van der Waals surface area (Å²) in [7, 11) is 0. The van der Waals surface area contributed by atoms with Gasteiger partial charge in [0, 0.05) is 6.54 Å². The fourth-order valence-corrected chi connectivity index (χ4v) is 3.20. The summed E-state index contributed by atoms with van der Waals surface area (Å²) < 4.78 is 10.9. The fourth-order valence-electron chi connectivity index (χ4n) is 2.58. The number of benzene rings is 1. The lowest BCUT2D eigenvalue weighted by atomic mass is 10.1. The van der Waals surface area contributed by atoms with E-state index in [-0.39, 0.29) is 11.8 Å². The van der Waals surface area contributed by atoms with Crippen LogP contribution in [0.15, 0.2) is 64.6 Å². The van der Waals surface area contributed by atoms with E-state index in [0.717, 1.165) is 16.9 Å². The Balaban J connectivity index is 1.44. The van der Waals surface area contributed by atoms with Crippen molar-refractivity contribution in [2.24, 2.45) is 0 Å². The van der Waals surface area contributed by atoms with Crippen molar-refractivity contribution >= 4 is 23.2 Å². The summed E-state index contributed by atoms with van der Waals surface area (Å²) in [6.45, 7) is 2.91. The van der Waals surface area contributed by atoms with Crippen LogP contribution in [0.5, 0.6) is 0 Å². The third-order valence-corrected chi connectivity index (χ3v) is 4.91. The zero-order valence-corrected chi connectivity index (χ0v) is 16.3. The van der Waals surface area contributed by atoms with E-state index < -0.39 is 6.04 Å². The van der Waals surface area contributed by atoms with Crippen molar-refractivity contribution in [2.45, 2.75) is 32.7 Å². The van der Waals surface area contributed by atoms with Gasteiger partial charge in [0.15, 0.2) is 0 Å². The first-order chi connectivity index (χ1) is 13.6. The number of ether oxygens (including phenoxy) is 1. The summed E-state index contributed by atoms with van der Waals surface area (Å²) in [5, 5.41) is 7.37. The first-order valence-corrected chi connectivity index (χ1v) is 9.80. The molecule has 0 spiro atoms. The molecule has 28 heavy (non-hydrogen) atoms. The highest BCUT2D eigenvalue weighted by Crippen LogP contribution is 2.10. The van der Waals surface area contributed by atoms with Crippen LogP contribution in [0.3, 0.4) is 0 Å². The zero-order valence-electron chi connectivity index (χ0n) is 15.5. The van der Waals surface area contributed by atoms with E-state index in [1.165, 1.54) is 11.3 Å². The number of rotatable bonds is 9. The van der Waals surface area contributed by atoms with Gasteiger partial charge in [-0.05, 0) is 41.6 Å². The van der Waals surface area contributed by atoms with Gasteiger partial charge in [-0.2, -0.15) is 0 Å². The first-order valence-electron chi connectivity index (χ1n) is 8.92. The second-order valence-corrected chi connectivity index (χ2v) is 7.23. The van der Waals surface area contributed by atoms with Gasteiger partial charge in [0.1, 0.15) is 18.4 Å². The molecular weight excluding hydrogens is 376 g/mol. The Labute approximate surface area is 167 Å². The molecule has 2 N–H and O–H groups in total. The van der Waals surface area contributed by atoms with Crippen LogP contribution in [0, 0.1) is 0 Å². The molecule has 3 rings (SSSR count). The number of carbonyl (C=O) groups is 2. The third-order valence-electron chi connectivity index (χ3n) is 4.04. The van der Waals surface area contributed by atoms with Crippen molar-refractivity contribution in [3.8, 4) is 0 Å². The molecule has 2 aromatic heterocycles. The average molecular weight is 398 g/mol. The summed E-state index contributed by atoms with van der Waals surface area (Å²) in [5.41, 5.74) is 1.97. The van der Waals surface area contributed by atoms with E-state index in [4.69, 9.17) is 9.15 Å². The maximum absolute atomic E-state index is 12.3. The van der Waals surface area contributed by atoms with Gasteiger partial charge in [-0.15, -0.1) is 11.3 Å². The molecule has 2 amide bonds. The fraction of sp³-hybridized carbons (Fsp3) is 0.238. The molecule has 0 aliphatic rings. The molecule has 0 bridgehead atoms. The second-order valence-electron chi connectivity index (χ2n) is 6.28. The Hall–Kier alpha value is -2.90. The van der Waals surface area contributed by atoms with Gasteiger partial charge in [0.25, 0.3) is 5.91 Å². The maximum atomic E-state index is 12.3. The molecule has 0 radical (unpaired) electrons. The lowest BCUT2D eigenvalue weighted by Gasteiger charge is -2.14.